The predicted octanol–water partition coefficient (Wildman–Crippen LogP) is 3.80. The second kappa shape index (κ2) is 8.99. The number of hydrogen-bond donors (Lipinski definition) is 3. The van der Waals surface area contributed by atoms with Gasteiger partial charge in [0.25, 0.3) is 0 Å². The molecule has 7 nitrogen and oxygen atoms in total. The molecule has 3 aromatic rings. The topological polar surface area (TPSA) is 100 Å². The number of sulfonamides is 1. The van der Waals surface area contributed by atoms with Gasteiger partial charge in [-0.25, -0.2) is 13.1 Å². The summed E-state index contributed by atoms with van der Waals surface area (Å²) in [6, 6.07) is 14.9. The summed E-state index contributed by atoms with van der Waals surface area (Å²) >= 11 is 0. The lowest BCUT2D eigenvalue weighted by Gasteiger charge is -2.18. The fourth-order valence-electron chi connectivity index (χ4n) is 3.09. The average molecular weight is 430 g/mol. The van der Waals surface area contributed by atoms with Crippen LogP contribution in [-0.2, 0) is 14.8 Å². The fourth-order valence-corrected chi connectivity index (χ4v) is 4.35. The molecule has 0 saturated heterocycles. The number of rotatable bonds is 8. The number of fused-ring (bicyclic) bond motifs is 1. The van der Waals surface area contributed by atoms with E-state index in [0.717, 1.165) is 16.7 Å². The lowest BCUT2D eigenvalue weighted by atomic mass is 10.2. The molecule has 160 valence electrons. The van der Waals surface area contributed by atoms with Crippen LogP contribution in [0.3, 0.4) is 0 Å². The van der Waals surface area contributed by atoms with E-state index in [-0.39, 0.29) is 22.9 Å². The van der Waals surface area contributed by atoms with Gasteiger partial charge in [0.05, 0.1) is 17.0 Å². The van der Waals surface area contributed by atoms with Gasteiger partial charge in [-0.2, -0.15) is 0 Å². The number of anilines is 1. The quantitative estimate of drug-likeness (QED) is 0.506. The highest BCUT2D eigenvalue weighted by Gasteiger charge is 2.20. The third-order valence-electron chi connectivity index (χ3n) is 4.59. The Morgan fingerprint density at radius 2 is 1.63 bits per heavy atom. The normalized spacial score (nSPS) is 14.0. The average Bonchev–Trinajstić information content (AvgIpc) is 3.11. The fraction of sp³-hybridized carbons (Fsp3) is 0.318. The van der Waals surface area contributed by atoms with Gasteiger partial charge in [-0.05, 0) is 64.1 Å². The Kier molecular flexibility index (Phi) is 6.60. The summed E-state index contributed by atoms with van der Waals surface area (Å²) in [5.41, 5.74) is 1.33. The number of amides is 1. The van der Waals surface area contributed by atoms with E-state index in [1.165, 1.54) is 12.1 Å². The van der Waals surface area contributed by atoms with E-state index in [0.29, 0.717) is 5.69 Å². The van der Waals surface area contributed by atoms with Crippen LogP contribution in [0.1, 0.15) is 39.5 Å². The van der Waals surface area contributed by atoms with Crippen LogP contribution in [0.15, 0.2) is 63.9 Å². The van der Waals surface area contributed by atoms with Crippen molar-refractivity contribution in [1.29, 1.82) is 0 Å². The zero-order chi connectivity index (χ0) is 21.9. The third-order valence-corrected chi connectivity index (χ3v) is 6.26. The molecular weight excluding hydrogens is 402 g/mol. The first-order valence-corrected chi connectivity index (χ1v) is 11.3. The van der Waals surface area contributed by atoms with Crippen LogP contribution >= 0.6 is 0 Å². The molecule has 0 radical (unpaired) electrons. The first-order valence-electron chi connectivity index (χ1n) is 9.83. The smallest absolute Gasteiger partial charge is 0.241 e. The SMILES string of the molecule is CC(C)NS(=O)(=O)c1ccc(NC(=O)C(C)NC(C)c2cc3ccccc3o2)cc1. The van der Waals surface area contributed by atoms with Crippen molar-refractivity contribution in [2.24, 2.45) is 0 Å². The highest BCUT2D eigenvalue weighted by Crippen LogP contribution is 2.24. The van der Waals surface area contributed by atoms with E-state index >= 15 is 0 Å². The maximum absolute atomic E-state index is 12.5. The van der Waals surface area contributed by atoms with Crippen LogP contribution in [0.25, 0.3) is 11.0 Å². The largest absolute Gasteiger partial charge is 0.459 e. The molecule has 3 rings (SSSR count). The van der Waals surface area contributed by atoms with Crippen molar-refractivity contribution >= 4 is 32.6 Å². The minimum absolute atomic E-state index is 0.152. The van der Waals surface area contributed by atoms with E-state index in [1.807, 2.05) is 37.3 Å². The zero-order valence-corrected chi connectivity index (χ0v) is 18.3. The van der Waals surface area contributed by atoms with Gasteiger partial charge in [0.2, 0.25) is 15.9 Å². The number of nitrogens with one attached hydrogen (secondary N) is 3. The van der Waals surface area contributed by atoms with Gasteiger partial charge in [-0.1, -0.05) is 18.2 Å². The van der Waals surface area contributed by atoms with Crippen LogP contribution in [0.5, 0.6) is 0 Å². The Morgan fingerprint density at radius 3 is 2.27 bits per heavy atom. The molecule has 1 heterocycles. The molecule has 0 aliphatic rings. The van der Waals surface area contributed by atoms with Crippen LogP contribution in [0.2, 0.25) is 0 Å². The van der Waals surface area contributed by atoms with Gasteiger partial charge >= 0.3 is 0 Å². The number of carbonyl (C=O) groups excluding carboxylic acids is 1. The molecule has 0 spiro atoms. The number of benzene rings is 2. The molecule has 2 atom stereocenters. The van der Waals surface area contributed by atoms with Crippen molar-refractivity contribution in [2.45, 2.75) is 50.7 Å². The molecule has 0 aliphatic heterocycles. The second-order valence-electron chi connectivity index (χ2n) is 7.59. The number of para-hydroxylation sites is 1. The summed E-state index contributed by atoms with van der Waals surface area (Å²) in [6.07, 6.45) is 0. The van der Waals surface area contributed by atoms with Gasteiger partial charge < -0.3 is 9.73 Å². The Bertz CT molecular complexity index is 1090. The molecule has 1 amide bonds. The molecule has 2 unspecified atom stereocenters. The second-order valence-corrected chi connectivity index (χ2v) is 9.30. The Morgan fingerprint density at radius 1 is 0.967 bits per heavy atom. The molecule has 0 bridgehead atoms. The van der Waals surface area contributed by atoms with Crippen molar-refractivity contribution < 1.29 is 17.6 Å². The molecule has 1 aromatic heterocycles. The van der Waals surface area contributed by atoms with Crippen LogP contribution < -0.4 is 15.4 Å². The van der Waals surface area contributed by atoms with Crippen molar-refractivity contribution in [3.8, 4) is 0 Å². The summed E-state index contributed by atoms with van der Waals surface area (Å²) in [7, 11) is -3.56. The number of hydrogen-bond acceptors (Lipinski definition) is 5. The van der Waals surface area contributed by atoms with Crippen LogP contribution in [-0.4, -0.2) is 26.4 Å². The van der Waals surface area contributed by atoms with E-state index in [4.69, 9.17) is 4.42 Å². The van der Waals surface area contributed by atoms with Gasteiger partial charge in [0.1, 0.15) is 11.3 Å². The summed E-state index contributed by atoms with van der Waals surface area (Å²) in [6.45, 7) is 7.21. The monoisotopic (exact) mass is 429 g/mol. The van der Waals surface area contributed by atoms with E-state index in [9.17, 15) is 13.2 Å². The first kappa shape index (κ1) is 22.0. The molecule has 0 aliphatic carbocycles. The van der Waals surface area contributed by atoms with Crippen molar-refractivity contribution in [3.63, 3.8) is 0 Å². The predicted molar refractivity (Wildman–Crippen MR) is 118 cm³/mol. The standard InChI is InChI=1S/C22H27N3O4S/c1-14(2)25-30(27,28)19-11-9-18(10-12-19)24-22(26)16(4)23-15(3)21-13-17-7-5-6-8-20(17)29-21/h5-16,23,25H,1-4H3,(H,24,26). The van der Waals surface area contributed by atoms with Gasteiger partial charge in [-0.15, -0.1) is 0 Å². The van der Waals surface area contributed by atoms with Crippen molar-refractivity contribution in [1.82, 2.24) is 10.0 Å². The van der Waals surface area contributed by atoms with E-state index < -0.39 is 16.1 Å². The van der Waals surface area contributed by atoms with Gasteiger partial charge in [-0.3, -0.25) is 10.1 Å². The molecular formula is C22H27N3O4S. The van der Waals surface area contributed by atoms with E-state index in [2.05, 4.69) is 15.4 Å². The molecule has 3 N–H and O–H groups in total. The van der Waals surface area contributed by atoms with Gasteiger partial charge in [0.15, 0.2) is 0 Å². The first-order chi connectivity index (χ1) is 14.2. The molecule has 2 aromatic carbocycles. The Labute approximate surface area is 176 Å². The molecule has 0 saturated carbocycles. The lowest BCUT2D eigenvalue weighted by molar-refractivity contribution is -0.118. The maximum Gasteiger partial charge on any atom is 0.241 e. The molecule has 8 heteroatoms. The third kappa shape index (κ3) is 5.27. The Balaban J connectivity index is 1.61. The lowest BCUT2D eigenvalue weighted by Crippen LogP contribution is -2.39. The van der Waals surface area contributed by atoms with E-state index in [1.54, 1.807) is 32.9 Å². The Hall–Kier alpha value is -2.68. The highest BCUT2D eigenvalue weighted by molar-refractivity contribution is 7.89. The molecule has 0 fully saturated rings. The number of carbonyl (C=O) groups is 1. The maximum atomic E-state index is 12.5. The summed E-state index contributed by atoms with van der Waals surface area (Å²) in [5.74, 6) is 0.525. The number of furan rings is 1. The van der Waals surface area contributed by atoms with Crippen molar-refractivity contribution in [3.05, 3.63) is 60.4 Å². The highest BCUT2D eigenvalue weighted by atomic mass is 32.2. The summed E-state index contributed by atoms with van der Waals surface area (Å²) < 4.78 is 32.7. The van der Waals surface area contributed by atoms with Crippen LogP contribution in [0.4, 0.5) is 5.69 Å². The van der Waals surface area contributed by atoms with Crippen LogP contribution in [0, 0.1) is 0 Å². The summed E-state index contributed by atoms with van der Waals surface area (Å²) in [5, 5.41) is 7.03. The minimum atomic E-state index is -3.56. The summed E-state index contributed by atoms with van der Waals surface area (Å²) in [4.78, 5) is 12.7. The van der Waals surface area contributed by atoms with Crippen molar-refractivity contribution in [2.75, 3.05) is 5.32 Å². The molecule has 30 heavy (non-hydrogen) atoms. The minimum Gasteiger partial charge on any atom is -0.459 e. The van der Waals surface area contributed by atoms with Gasteiger partial charge in [0, 0.05) is 17.1 Å². The zero-order valence-electron chi connectivity index (χ0n) is 17.5.